The Bertz CT molecular complexity index is 184. The Kier molecular flexibility index (Phi) is 2.80. The van der Waals surface area contributed by atoms with E-state index in [-0.39, 0.29) is 22.8 Å². The van der Waals surface area contributed by atoms with Gasteiger partial charge in [-0.1, -0.05) is 6.92 Å². The number of Topliss-reactive ketones (excluding diaryl/α,β-unsaturated/α-hetero) is 1. The summed E-state index contributed by atoms with van der Waals surface area (Å²) in [5.41, 5.74) is 0.0417. The van der Waals surface area contributed by atoms with Gasteiger partial charge in [0.2, 0.25) is 0 Å². The Morgan fingerprint density at radius 1 is 1.30 bits per heavy atom. The molecule has 0 radical (unpaired) electrons. The second-order valence-electron chi connectivity index (χ2n) is 2.11. The molecule has 10 heavy (non-hydrogen) atoms. The van der Waals surface area contributed by atoms with Gasteiger partial charge in [-0.3, -0.25) is 4.79 Å². The van der Waals surface area contributed by atoms with Crippen molar-refractivity contribution in [2.45, 2.75) is 20.8 Å². The lowest BCUT2D eigenvalue weighted by atomic mass is 10.1. The lowest BCUT2D eigenvalue weighted by Crippen LogP contribution is -2.14. The minimum atomic E-state index is -0.333. The molecule has 0 bridgehead atoms. The highest BCUT2D eigenvalue weighted by Gasteiger charge is 2.04. The summed E-state index contributed by atoms with van der Waals surface area (Å²) in [6.07, 6.45) is 0. The fourth-order valence-corrected chi connectivity index (χ4v) is 0.776. The summed E-state index contributed by atoms with van der Waals surface area (Å²) >= 11 is 0. The van der Waals surface area contributed by atoms with Crippen LogP contribution in [0, 0.1) is 5.41 Å². The first-order valence-corrected chi connectivity index (χ1v) is 2.91. The molecule has 0 aliphatic carbocycles. The van der Waals surface area contributed by atoms with Crippen molar-refractivity contribution in [2.75, 3.05) is 0 Å². The van der Waals surface area contributed by atoms with Crippen LogP contribution in [-0.4, -0.2) is 11.5 Å². The van der Waals surface area contributed by atoms with Crippen molar-refractivity contribution in [2.24, 2.45) is 0 Å². The second kappa shape index (κ2) is 3.15. The summed E-state index contributed by atoms with van der Waals surface area (Å²) in [4.78, 5) is 10.6. The second-order valence-corrected chi connectivity index (χ2v) is 2.11. The summed E-state index contributed by atoms with van der Waals surface area (Å²) in [5.74, 6) is -0.667. The number of hydrogen-bond acceptors (Lipinski definition) is 3. The molecule has 56 valence electrons. The standard InChI is InChI=1S/C7H11NO2/c1-4(8)7(5(2)9)6(3)10/h8-9H,1-3H3/p-1/b7-5+,8-4?. The molecule has 0 aromatic rings. The monoisotopic (exact) mass is 140 g/mol. The molecule has 1 N–H and O–H groups in total. The van der Waals surface area contributed by atoms with Crippen molar-refractivity contribution in [1.29, 1.82) is 5.41 Å². The SMILES string of the molecule is CC(=N)/C(C(C)=O)=C(/C)[O-]. The molecular formula is C7H10NO2-. The molecule has 0 saturated carbocycles. The number of carbonyl (C=O) groups is 1. The van der Waals surface area contributed by atoms with E-state index in [2.05, 4.69) is 0 Å². The fourth-order valence-electron chi connectivity index (χ4n) is 0.776. The lowest BCUT2D eigenvalue weighted by molar-refractivity contribution is -0.302. The Balaban J connectivity index is 4.79. The van der Waals surface area contributed by atoms with Crippen LogP contribution in [0.3, 0.4) is 0 Å². The average molecular weight is 140 g/mol. The first-order valence-electron chi connectivity index (χ1n) is 2.91. The highest BCUT2D eigenvalue weighted by molar-refractivity contribution is 6.19. The maximum absolute atomic E-state index is 10.6. The Morgan fingerprint density at radius 3 is 1.70 bits per heavy atom. The van der Waals surface area contributed by atoms with E-state index in [9.17, 15) is 9.90 Å². The van der Waals surface area contributed by atoms with Crippen LogP contribution < -0.4 is 5.11 Å². The molecule has 0 unspecified atom stereocenters. The zero-order valence-electron chi connectivity index (χ0n) is 6.32. The van der Waals surface area contributed by atoms with E-state index < -0.39 is 0 Å². The lowest BCUT2D eigenvalue weighted by Gasteiger charge is -2.10. The van der Waals surface area contributed by atoms with Crippen molar-refractivity contribution in [3.05, 3.63) is 11.3 Å². The third-order valence-electron chi connectivity index (χ3n) is 1.08. The summed E-state index contributed by atoms with van der Waals surface area (Å²) in [7, 11) is 0. The Labute approximate surface area is 59.9 Å². The van der Waals surface area contributed by atoms with Crippen molar-refractivity contribution < 1.29 is 9.90 Å². The molecule has 0 spiro atoms. The molecule has 0 aliphatic heterocycles. The first kappa shape index (κ1) is 8.88. The van der Waals surface area contributed by atoms with E-state index in [1.165, 1.54) is 20.8 Å². The van der Waals surface area contributed by atoms with Gasteiger partial charge in [-0.2, -0.15) is 0 Å². The van der Waals surface area contributed by atoms with Crippen LogP contribution in [0.5, 0.6) is 0 Å². The molecule has 0 saturated heterocycles. The number of allylic oxidation sites excluding steroid dienone is 2. The molecular weight excluding hydrogens is 130 g/mol. The molecule has 0 heterocycles. The van der Waals surface area contributed by atoms with Gasteiger partial charge in [0.05, 0.1) is 0 Å². The average Bonchev–Trinajstić information content (AvgIpc) is 1.59. The molecule has 0 rings (SSSR count). The fraction of sp³-hybridized carbons (Fsp3) is 0.429. The zero-order valence-corrected chi connectivity index (χ0v) is 6.32. The van der Waals surface area contributed by atoms with Crippen LogP contribution in [0.15, 0.2) is 11.3 Å². The van der Waals surface area contributed by atoms with Gasteiger partial charge in [0.25, 0.3) is 0 Å². The Hall–Kier alpha value is -1.12. The number of rotatable bonds is 2. The molecule has 3 nitrogen and oxygen atoms in total. The van der Waals surface area contributed by atoms with E-state index in [0.717, 1.165) is 0 Å². The van der Waals surface area contributed by atoms with E-state index >= 15 is 0 Å². The van der Waals surface area contributed by atoms with Gasteiger partial charge in [0.15, 0.2) is 5.78 Å². The van der Waals surface area contributed by atoms with Crippen LogP contribution in [0.4, 0.5) is 0 Å². The minimum Gasteiger partial charge on any atom is -0.875 e. The zero-order chi connectivity index (χ0) is 8.31. The molecule has 0 aromatic heterocycles. The summed E-state index contributed by atoms with van der Waals surface area (Å²) in [6.45, 7) is 4.00. The topological polar surface area (TPSA) is 64.0 Å². The third-order valence-corrected chi connectivity index (χ3v) is 1.08. The van der Waals surface area contributed by atoms with Crippen molar-refractivity contribution in [1.82, 2.24) is 0 Å². The number of ketones is 1. The van der Waals surface area contributed by atoms with E-state index in [4.69, 9.17) is 5.41 Å². The van der Waals surface area contributed by atoms with E-state index in [1.807, 2.05) is 0 Å². The van der Waals surface area contributed by atoms with Gasteiger partial charge in [-0.15, -0.1) is 5.76 Å². The van der Waals surface area contributed by atoms with Gasteiger partial charge < -0.3 is 10.5 Å². The number of nitrogens with one attached hydrogen (secondary N) is 1. The van der Waals surface area contributed by atoms with E-state index in [0.29, 0.717) is 0 Å². The normalized spacial score (nSPS) is 12.3. The van der Waals surface area contributed by atoms with Gasteiger partial charge >= 0.3 is 0 Å². The van der Waals surface area contributed by atoms with Gasteiger partial charge in [0, 0.05) is 11.3 Å². The molecule has 0 amide bonds. The molecule has 0 atom stereocenters. The largest absolute Gasteiger partial charge is 0.875 e. The quantitative estimate of drug-likeness (QED) is 0.339. The van der Waals surface area contributed by atoms with Gasteiger partial charge in [-0.25, -0.2) is 0 Å². The predicted octanol–water partition coefficient (Wildman–Crippen LogP) is 0.249. The van der Waals surface area contributed by atoms with Crippen LogP contribution in [0.1, 0.15) is 20.8 Å². The molecule has 0 fully saturated rings. The van der Waals surface area contributed by atoms with Crippen LogP contribution in [-0.2, 0) is 4.79 Å². The highest BCUT2D eigenvalue weighted by atomic mass is 16.3. The van der Waals surface area contributed by atoms with Gasteiger partial charge in [-0.05, 0) is 13.8 Å². The molecule has 3 heteroatoms. The van der Waals surface area contributed by atoms with Crippen LogP contribution in [0.25, 0.3) is 0 Å². The molecule has 0 aliphatic rings. The molecule has 0 aromatic carbocycles. The van der Waals surface area contributed by atoms with Crippen molar-refractivity contribution >= 4 is 11.5 Å². The maximum Gasteiger partial charge on any atom is 0.160 e. The minimum absolute atomic E-state index is 0.000000000000000222. The van der Waals surface area contributed by atoms with Crippen molar-refractivity contribution in [3.63, 3.8) is 0 Å². The third kappa shape index (κ3) is 2.01. The maximum atomic E-state index is 10.6. The number of carbonyl (C=O) groups excluding carboxylic acids is 1. The number of hydrogen-bond donors (Lipinski definition) is 1. The van der Waals surface area contributed by atoms with Crippen molar-refractivity contribution in [3.8, 4) is 0 Å². The summed E-state index contributed by atoms with van der Waals surface area (Å²) in [5, 5.41) is 17.7. The predicted molar refractivity (Wildman–Crippen MR) is 36.8 cm³/mol. The summed E-state index contributed by atoms with van der Waals surface area (Å²) < 4.78 is 0. The highest BCUT2D eigenvalue weighted by Crippen LogP contribution is 2.00. The Morgan fingerprint density at radius 2 is 1.70 bits per heavy atom. The van der Waals surface area contributed by atoms with Crippen LogP contribution >= 0.6 is 0 Å². The summed E-state index contributed by atoms with van der Waals surface area (Å²) in [6, 6.07) is 0. The van der Waals surface area contributed by atoms with E-state index in [1.54, 1.807) is 0 Å². The van der Waals surface area contributed by atoms with Crippen LogP contribution in [0.2, 0.25) is 0 Å². The first-order chi connectivity index (χ1) is 4.46. The smallest absolute Gasteiger partial charge is 0.160 e. The van der Waals surface area contributed by atoms with Gasteiger partial charge in [0.1, 0.15) is 0 Å².